The normalized spacial score (nSPS) is 11.7. The highest BCUT2D eigenvalue weighted by Crippen LogP contribution is 2.28. The average Bonchev–Trinajstić information content (AvgIpc) is 3.50. The number of aryl methyl sites for hydroxylation is 2. The highest BCUT2D eigenvalue weighted by Gasteiger charge is 2.21. The third kappa shape index (κ3) is 3.77. The van der Waals surface area contributed by atoms with Crippen LogP contribution in [0.5, 0.6) is 0 Å². The van der Waals surface area contributed by atoms with Crippen LogP contribution in [0.25, 0.3) is 33.6 Å². The third-order valence-electron chi connectivity index (χ3n) is 5.68. The first-order valence-electron chi connectivity index (χ1n) is 10.8. The van der Waals surface area contributed by atoms with Gasteiger partial charge in [-0.25, -0.2) is 9.78 Å². The van der Waals surface area contributed by atoms with Crippen molar-refractivity contribution in [1.82, 2.24) is 24.2 Å². The van der Waals surface area contributed by atoms with Crippen LogP contribution in [0.3, 0.4) is 0 Å². The van der Waals surface area contributed by atoms with Gasteiger partial charge in [-0.3, -0.25) is 14.0 Å². The quantitative estimate of drug-likeness (QED) is 0.414. The molecule has 1 N–H and O–H groups in total. The number of benzene rings is 1. The Labute approximate surface area is 194 Å². The van der Waals surface area contributed by atoms with E-state index in [9.17, 15) is 9.59 Å². The van der Waals surface area contributed by atoms with Gasteiger partial charge in [0.15, 0.2) is 17.0 Å². The maximum atomic E-state index is 13.4. The van der Waals surface area contributed by atoms with E-state index in [-0.39, 0.29) is 5.91 Å². The van der Waals surface area contributed by atoms with Gasteiger partial charge >= 0.3 is 5.76 Å². The summed E-state index contributed by atoms with van der Waals surface area (Å²) in [5.74, 6) is -0.189. The van der Waals surface area contributed by atoms with Crippen molar-refractivity contribution >= 4 is 33.7 Å². The van der Waals surface area contributed by atoms with E-state index >= 15 is 0 Å². The molecular weight excluding hydrogens is 436 g/mol. The van der Waals surface area contributed by atoms with E-state index in [0.29, 0.717) is 63.6 Å². The highest BCUT2D eigenvalue weighted by molar-refractivity contribution is 6.13. The molecule has 174 valence electrons. The maximum absolute atomic E-state index is 13.4. The molecule has 0 aliphatic heterocycles. The molecular formula is C24H24N6O4. The van der Waals surface area contributed by atoms with Crippen LogP contribution in [0.4, 0.5) is 5.69 Å². The van der Waals surface area contributed by atoms with Gasteiger partial charge in [0.25, 0.3) is 5.91 Å². The number of carbonyl (C=O) groups is 1. The number of hydrogen-bond donors (Lipinski definition) is 1. The Kier molecular flexibility index (Phi) is 5.29. The van der Waals surface area contributed by atoms with Crippen LogP contribution in [0, 0.1) is 6.92 Å². The number of hydrogen-bond acceptors (Lipinski definition) is 7. The van der Waals surface area contributed by atoms with Crippen LogP contribution in [-0.4, -0.2) is 50.8 Å². The first-order chi connectivity index (χ1) is 16.3. The number of amides is 1. The Balaban J connectivity index is 1.55. The van der Waals surface area contributed by atoms with Crippen molar-refractivity contribution in [2.45, 2.75) is 13.5 Å². The van der Waals surface area contributed by atoms with Crippen LogP contribution in [-0.2, 0) is 13.6 Å². The molecule has 0 fully saturated rings. The summed E-state index contributed by atoms with van der Waals surface area (Å²) < 4.78 is 14.1. The van der Waals surface area contributed by atoms with Crippen molar-refractivity contribution < 1.29 is 13.6 Å². The van der Waals surface area contributed by atoms with Crippen molar-refractivity contribution in [3.8, 4) is 11.5 Å². The number of furan rings is 1. The third-order valence-corrected chi connectivity index (χ3v) is 5.68. The standard InChI is InChI=1S/C24H24N6O4/c1-14-21-16(13-17(19-6-5-11-33-19)26-22(21)29(4)27-14)23(31)25-15-7-8-20-18(12-15)30(24(32)34-20)10-9-28(2)3/h5-8,11-13H,9-10H2,1-4H3,(H,25,31). The Morgan fingerprint density at radius 2 is 2.03 bits per heavy atom. The molecule has 0 unspecified atom stereocenters. The molecule has 34 heavy (non-hydrogen) atoms. The number of carbonyl (C=O) groups excluding carboxylic acids is 1. The van der Waals surface area contributed by atoms with Gasteiger partial charge in [0.2, 0.25) is 0 Å². The summed E-state index contributed by atoms with van der Waals surface area (Å²) in [5.41, 5.74) is 3.88. The molecule has 4 heterocycles. The van der Waals surface area contributed by atoms with E-state index in [0.717, 1.165) is 0 Å². The van der Waals surface area contributed by atoms with E-state index < -0.39 is 5.76 Å². The van der Waals surface area contributed by atoms with Gasteiger partial charge in [-0.2, -0.15) is 5.10 Å². The average molecular weight is 460 g/mol. The number of anilines is 1. The summed E-state index contributed by atoms with van der Waals surface area (Å²) in [5, 5.41) is 8.06. The van der Waals surface area contributed by atoms with Crippen molar-refractivity contribution in [3.63, 3.8) is 0 Å². The lowest BCUT2D eigenvalue weighted by molar-refractivity contribution is 0.102. The van der Waals surface area contributed by atoms with Crippen molar-refractivity contribution in [3.05, 3.63) is 64.5 Å². The number of likely N-dealkylation sites (N-methyl/N-ethyl adjacent to an activating group) is 1. The first-order valence-corrected chi connectivity index (χ1v) is 10.8. The molecule has 0 saturated heterocycles. The van der Waals surface area contributed by atoms with Crippen LogP contribution < -0.4 is 11.1 Å². The monoisotopic (exact) mass is 460 g/mol. The van der Waals surface area contributed by atoms with E-state index in [2.05, 4.69) is 15.4 Å². The molecule has 0 aliphatic carbocycles. The summed E-state index contributed by atoms with van der Waals surface area (Å²) >= 11 is 0. The fourth-order valence-electron chi connectivity index (χ4n) is 4.02. The van der Waals surface area contributed by atoms with Gasteiger partial charge in [0.05, 0.1) is 28.4 Å². The lowest BCUT2D eigenvalue weighted by atomic mass is 10.1. The molecule has 0 spiro atoms. The number of nitrogens with one attached hydrogen (secondary N) is 1. The number of oxazole rings is 1. The van der Waals surface area contributed by atoms with Crippen LogP contribution >= 0.6 is 0 Å². The van der Waals surface area contributed by atoms with E-state index in [1.807, 2.05) is 25.9 Å². The lowest BCUT2D eigenvalue weighted by Gasteiger charge is -2.10. The molecule has 4 aromatic heterocycles. The van der Waals surface area contributed by atoms with Crippen molar-refractivity contribution in [1.29, 1.82) is 0 Å². The number of fused-ring (bicyclic) bond motifs is 2. The molecule has 0 bridgehead atoms. The SMILES string of the molecule is Cc1nn(C)c2nc(-c3ccco3)cc(C(=O)Nc3ccc4oc(=O)n(CCN(C)C)c4c3)c12. The summed E-state index contributed by atoms with van der Waals surface area (Å²) in [4.78, 5) is 32.4. The first kappa shape index (κ1) is 21.7. The predicted octanol–water partition coefficient (Wildman–Crippen LogP) is 3.26. The van der Waals surface area contributed by atoms with Gasteiger partial charge in [0, 0.05) is 25.8 Å². The molecule has 5 rings (SSSR count). The number of nitrogens with zero attached hydrogens (tertiary/aromatic N) is 5. The van der Waals surface area contributed by atoms with Crippen LogP contribution in [0.1, 0.15) is 16.1 Å². The molecule has 1 aromatic carbocycles. The summed E-state index contributed by atoms with van der Waals surface area (Å²) in [6, 6.07) is 10.4. The fourth-order valence-corrected chi connectivity index (χ4v) is 4.02. The fraction of sp³-hybridized carbons (Fsp3) is 0.250. The van der Waals surface area contributed by atoms with E-state index in [1.165, 1.54) is 0 Å². The van der Waals surface area contributed by atoms with E-state index in [1.54, 1.807) is 59.0 Å². The zero-order valence-corrected chi connectivity index (χ0v) is 19.3. The van der Waals surface area contributed by atoms with Crippen molar-refractivity contribution in [2.24, 2.45) is 7.05 Å². The summed E-state index contributed by atoms with van der Waals surface area (Å²) in [6.07, 6.45) is 1.56. The minimum atomic E-state index is -0.426. The number of aromatic nitrogens is 4. The molecule has 10 heteroatoms. The van der Waals surface area contributed by atoms with Gasteiger partial charge in [0.1, 0.15) is 5.69 Å². The summed E-state index contributed by atoms with van der Waals surface area (Å²) in [7, 11) is 5.66. The Hall–Kier alpha value is -4.18. The van der Waals surface area contributed by atoms with Gasteiger partial charge in [-0.05, 0) is 57.4 Å². The maximum Gasteiger partial charge on any atom is 0.419 e. The molecule has 0 saturated carbocycles. The highest BCUT2D eigenvalue weighted by atomic mass is 16.4. The topological polar surface area (TPSA) is 111 Å². The molecule has 0 aliphatic rings. The molecule has 0 atom stereocenters. The minimum absolute atomic E-state index is 0.318. The zero-order chi connectivity index (χ0) is 24.0. The minimum Gasteiger partial charge on any atom is -0.463 e. The Bertz CT molecular complexity index is 1570. The smallest absolute Gasteiger partial charge is 0.419 e. The summed E-state index contributed by atoms with van der Waals surface area (Å²) in [6.45, 7) is 2.99. The lowest BCUT2D eigenvalue weighted by Crippen LogP contribution is -2.23. The molecule has 10 nitrogen and oxygen atoms in total. The number of pyridine rings is 1. The van der Waals surface area contributed by atoms with Gasteiger partial charge in [-0.15, -0.1) is 0 Å². The van der Waals surface area contributed by atoms with Crippen LogP contribution in [0.2, 0.25) is 0 Å². The molecule has 0 radical (unpaired) electrons. The second-order valence-corrected chi connectivity index (χ2v) is 8.40. The zero-order valence-electron chi connectivity index (χ0n) is 19.3. The van der Waals surface area contributed by atoms with E-state index in [4.69, 9.17) is 8.83 Å². The Morgan fingerprint density at radius 3 is 2.76 bits per heavy atom. The second kappa shape index (κ2) is 8.31. The molecule has 5 aromatic rings. The largest absolute Gasteiger partial charge is 0.463 e. The van der Waals surface area contributed by atoms with Gasteiger partial charge < -0.3 is 19.1 Å². The number of rotatable bonds is 6. The molecule has 1 amide bonds. The second-order valence-electron chi connectivity index (χ2n) is 8.40. The van der Waals surface area contributed by atoms with Crippen LogP contribution in [0.15, 0.2) is 56.3 Å². The van der Waals surface area contributed by atoms with Crippen molar-refractivity contribution in [2.75, 3.05) is 26.0 Å². The predicted molar refractivity (Wildman–Crippen MR) is 128 cm³/mol. The Morgan fingerprint density at radius 1 is 1.21 bits per heavy atom. The van der Waals surface area contributed by atoms with Gasteiger partial charge in [-0.1, -0.05) is 0 Å².